The van der Waals surface area contributed by atoms with Crippen LogP contribution in [0.3, 0.4) is 0 Å². The lowest BCUT2D eigenvalue weighted by Gasteiger charge is -2.35. The molecule has 96 valence electrons. The molecule has 17 heavy (non-hydrogen) atoms. The molecule has 2 N–H and O–H groups in total. The Hall–Kier alpha value is -1.06. The van der Waals surface area contributed by atoms with Crippen molar-refractivity contribution in [3.05, 3.63) is 29.8 Å². The fourth-order valence-corrected chi connectivity index (χ4v) is 1.99. The van der Waals surface area contributed by atoms with Gasteiger partial charge in [-0.25, -0.2) is 0 Å². The predicted octanol–water partition coefficient (Wildman–Crippen LogP) is 2.90. The van der Waals surface area contributed by atoms with Gasteiger partial charge in [-0.3, -0.25) is 0 Å². The summed E-state index contributed by atoms with van der Waals surface area (Å²) in [4.78, 5) is 0. The quantitative estimate of drug-likeness (QED) is 0.827. The maximum Gasteiger partial charge on any atom is 0.123 e. The van der Waals surface area contributed by atoms with E-state index in [4.69, 9.17) is 15.2 Å². The highest BCUT2D eigenvalue weighted by Crippen LogP contribution is 2.34. The van der Waals surface area contributed by atoms with Gasteiger partial charge in [-0.2, -0.15) is 0 Å². The number of nitrogens with two attached hydrogens (primary N) is 1. The second-order valence-electron chi connectivity index (χ2n) is 4.32. The lowest BCUT2D eigenvalue weighted by atomic mass is 9.88. The van der Waals surface area contributed by atoms with Crippen molar-refractivity contribution in [2.45, 2.75) is 38.8 Å². The minimum Gasteiger partial charge on any atom is -0.496 e. The third-order valence-electron chi connectivity index (χ3n) is 3.31. The first-order valence-corrected chi connectivity index (χ1v) is 6.11. The zero-order valence-corrected chi connectivity index (χ0v) is 11.2. The van der Waals surface area contributed by atoms with E-state index in [1.54, 1.807) is 7.11 Å². The monoisotopic (exact) mass is 237 g/mol. The van der Waals surface area contributed by atoms with E-state index in [1.807, 2.05) is 38.1 Å². The number of para-hydroxylation sites is 1. The molecule has 2 atom stereocenters. The first-order chi connectivity index (χ1) is 8.09. The van der Waals surface area contributed by atoms with Crippen molar-refractivity contribution in [2.24, 2.45) is 5.73 Å². The maximum absolute atomic E-state index is 6.34. The summed E-state index contributed by atoms with van der Waals surface area (Å²) in [5.41, 5.74) is 6.98. The Morgan fingerprint density at radius 1 is 1.29 bits per heavy atom. The highest BCUT2D eigenvalue weighted by Gasteiger charge is 2.33. The number of benzene rings is 1. The highest BCUT2D eigenvalue weighted by atomic mass is 16.5. The van der Waals surface area contributed by atoms with Crippen LogP contribution in [0.5, 0.6) is 5.75 Å². The SMILES string of the molecule is CCOC(C)(CC)C(N)c1ccccc1OC. The van der Waals surface area contributed by atoms with E-state index in [0.717, 1.165) is 17.7 Å². The maximum atomic E-state index is 6.34. The molecule has 1 rings (SSSR count). The van der Waals surface area contributed by atoms with Gasteiger partial charge in [0.05, 0.1) is 18.8 Å². The van der Waals surface area contributed by atoms with E-state index in [0.29, 0.717) is 6.61 Å². The molecule has 0 bridgehead atoms. The fourth-order valence-electron chi connectivity index (χ4n) is 1.99. The van der Waals surface area contributed by atoms with E-state index in [1.165, 1.54) is 0 Å². The molecule has 2 unspecified atom stereocenters. The lowest BCUT2D eigenvalue weighted by molar-refractivity contribution is -0.0476. The van der Waals surface area contributed by atoms with Crippen LogP contribution in [0.1, 0.15) is 38.8 Å². The van der Waals surface area contributed by atoms with Crippen molar-refractivity contribution in [2.75, 3.05) is 13.7 Å². The molecule has 0 aliphatic carbocycles. The second kappa shape index (κ2) is 6.03. The van der Waals surface area contributed by atoms with Crippen LogP contribution in [0, 0.1) is 0 Å². The molecular formula is C14H23NO2. The van der Waals surface area contributed by atoms with Crippen molar-refractivity contribution in [1.29, 1.82) is 0 Å². The summed E-state index contributed by atoms with van der Waals surface area (Å²) in [7, 11) is 1.66. The van der Waals surface area contributed by atoms with Gasteiger partial charge in [0.25, 0.3) is 0 Å². The van der Waals surface area contributed by atoms with Crippen molar-refractivity contribution in [3.63, 3.8) is 0 Å². The van der Waals surface area contributed by atoms with Gasteiger partial charge in [-0.15, -0.1) is 0 Å². The van der Waals surface area contributed by atoms with E-state index in [2.05, 4.69) is 6.92 Å². The van der Waals surface area contributed by atoms with Gasteiger partial charge in [0.2, 0.25) is 0 Å². The van der Waals surface area contributed by atoms with E-state index in [-0.39, 0.29) is 11.6 Å². The van der Waals surface area contributed by atoms with Crippen LogP contribution in [0.25, 0.3) is 0 Å². The van der Waals surface area contributed by atoms with Crippen LogP contribution in [-0.4, -0.2) is 19.3 Å². The Morgan fingerprint density at radius 3 is 2.47 bits per heavy atom. The number of hydrogen-bond acceptors (Lipinski definition) is 3. The Balaban J connectivity index is 3.05. The molecule has 1 aromatic carbocycles. The number of rotatable bonds is 6. The van der Waals surface area contributed by atoms with Crippen molar-refractivity contribution in [1.82, 2.24) is 0 Å². The minimum absolute atomic E-state index is 0.191. The number of methoxy groups -OCH3 is 1. The standard InChI is InChI=1S/C14H23NO2/c1-5-14(3,17-6-2)13(15)11-9-7-8-10-12(11)16-4/h7-10,13H,5-6,15H2,1-4H3. The molecule has 0 saturated carbocycles. The first kappa shape index (κ1) is 14.0. The van der Waals surface area contributed by atoms with Crippen LogP contribution in [0.2, 0.25) is 0 Å². The summed E-state index contributed by atoms with van der Waals surface area (Å²) in [6, 6.07) is 7.65. The van der Waals surface area contributed by atoms with Gasteiger partial charge in [0, 0.05) is 12.2 Å². The van der Waals surface area contributed by atoms with E-state index in [9.17, 15) is 0 Å². The van der Waals surface area contributed by atoms with E-state index < -0.39 is 0 Å². The molecule has 0 radical (unpaired) electrons. The summed E-state index contributed by atoms with van der Waals surface area (Å²) in [6.07, 6.45) is 0.861. The molecule has 0 saturated heterocycles. The fraction of sp³-hybridized carbons (Fsp3) is 0.571. The summed E-state index contributed by atoms with van der Waals surface area (Å²) < 4.78 is 11.2. The van der Waals surface area contributed by atoms with Gasteiger partial charge in [-0.05, 0) is 26.3 Å². The zero-order chi connectivity index (χ0) is 12.9. The Labute approximate surface area is 104 Å². The predicted molar refractivity (Wildman–Crippen MR) is 70.2 cm³/mol. The van der Waals surface area contributed by atoms with Gasteiger partial charge in [-0.1, -0.05) is 25.1 Å². The van der Waals surface area contributed by atoms with Gasteiger partial charge >= 0.3 is 0 Å². The normalized spacial score (nSPS) is 16.3. The molecule has 0 fully saturated rings. The molecule has 3 heteroatoms. The Kier molecular flexibility index (Phi) is 4.97. The van der Waals surface area contributed by atoms with Crippen molar-refractivity contribution in [3.8, 4) is 5.75 Å². The molecule has 0 aliphatic heterocycles. The average molecular weight is 237 g/mol. The Bertz CT molecular complexity index is 354. The lowest BCUT2D eigenvalue weighted by Crippen LogP contribution is -2.40. The van der Waals surface area contributed by atoms with Crippen molar-refractivity contribution >= 4 is 0 Å². The van der Waals surface area contributed by atoms with Crippen LogP contribution >= 0.6 is 0 Å². The topological polar surface area (TPSA) is 44.5 Å². The smallest absolute Gasteiger partial charge is 0.123 e. The number of ether oxygens (including phenoxy) is 2. The largest absolute Gasteiger partial charge is 0.496 e. The zero-order valence-electron chi connectivity index (χ0n) is 11.2. The van der Waals surface area contributed by atoms with Crippen LogP contribution in [0.4, 0.5) is 0 Å². The third-order valence-corrected chi connectivity index (χ3v) is 3.31. The minimum atomic E-state index is -0.358. The Morgan fingerprint density at radius 2 is 1.94 bits per heavy atom. The molecule has 1 aromatic rings. The molecule has 0 spiro atoms. The molecule has 0 aliphatic rings. The molecule has 0 aromatic heterocycles. The van der Waals surface area contributed by atoms with Crippen LogP contribution in [-0.2, 0) is 4.74 Å². The molecular weight excluding hydrogens is 214 g/mol. The third kappa shape index (κ3) is 2.99. The molecule has 3 nitrogen and oxygen atoms in total. The van der Waals surface area contributed by atoms with Gasteiger partial charge in [0.15, 0.2) is 0 Å². The number of hydrogen-bond donors (Lipinski definition) is 1. The summed E-state index contributed by atoms with van der Waals surface area (Å²) >= 11 is 0. The summed E-state index contributed by atoms with van der Waals surface area (Å²) in [6.45, 7) is 6.79. The molecule has 0 amide bonds. The average Bonchev–Trinajstić information content (AvgIpc) is 2.38. The van der Waals surface area contributed by atoms with Gasteiger partial charge in [0.1, 0.15) is 5.75 Å². The van der Waals surface area contributed by atoms with Crippen LogP contribution in [0.15, 0.2) is 24.3 Å². The van der Waals surface area contributed by atoms with Crippen LogP contribution < -0.4 is 10.5 Å². The summed E-state index contributed by atoms with van der Waals surface area (Å²) in [5, 5.41) is 0. The summed E-state index contributed by atoms with van der Waals surface area (Å²) in [5.74, 6) is 0.819. The van der Waals surface area contributed by atoms with E-state index >= 15 is 0 Å². The van der Waals surface area contributed by atoms with Gasteiger partial charge < -0.3 is 15.2 Å². The first-order valence-electron chi connectivity index (χ1n) is 6.11. The molecule has 0 heterocycles. The highest BCUT2D eigenvalue weighted by molar-refractivity contribution is 5.37. The second-order valence-corrected chi connectivity index (χ2v) is 4.32. The van der Waals surface area contributed by atoms with Crippen molar-refractivity contribution < 1.29 is 9.47 Å².